The van der Waals surface area contributed by atoms with Gasteiger partial charge < -0.3 is 10.6 Å². The van der Waals surface area contributed by atoms with Crippen molar-refractivity contribution in [2.24, 2.45) is 0 Å². The molecule has 138 valence electrons. The highest BCUT2D eigenvalue weighted by Gasteiger charge is 2.18. The van der Waals surface area contributed by atoms with Crippen LogP contribution in [0.4, 0.5) is 24.7 Å². The van der Waals surface area contributed by atoms with Gasteiger partial charge >= 0.3 is 0 Å². The van der Waals surface area contributed by atoms with E-state index >= 15 is 0 Å². The highest BCUT2D eigenvalue weighted by atomic mass is 19.2. The molecule has 2 N–H and O–H groups in total. The maximum atomic E-state index is 13.7. The summed E-state index contributed by atoms with van der Waals surface area (Å²) in [5, 5.41) is 5.49. The lowest BCUT2D eigenvalue weighted by molar-refractivity contribution is 0.102. The fourth-order valence-electron chi connectivity index (χ4n) is 3.00. The molecular formula is C18H19F3N4O. The van der Waals surface area contributed by atoms with Crippen LogP contribution >= 0.6 is 0 Å². The third kappa shape index (κ3) is 4.30. The summed E-state index contributed by atoms with van der Waals surface area (Å²) < 4.78 is 39.9. The zero-order valence-electron chi connectivity index (χ0n) is 14.1. The smallest absolute Gasteiger partial charge is 0.274 e. The van der Waals surface area contributed by atoms with E-state index in [1.165, 1.54) is 25.2 Å². The molecule has 0 radical (unpaired) electrons. The lowest BCUT2D eigenvalue weighted by Crippen LogP contribution is -2.20. The summed E-state index contributed by atoms with van der Waals surface area (Å²) in [5.41, 5.74) is -0.453. The van der Waals surface area contributed by atoms with E-state index in [1.54, 1.807) is 0 Å². The Kier molecular flexibility index (Phi) is 5.70. The maximum absolute atomic E-state index is 13.7. The van der Waals surface area contributed by atoms with Gasteiger partial charge in [0.25, 0.3) is 5.91 Å². The number of hydrogen-bond donors (Lipinski definition) is 2. The number of nitrogens with one attached hydrogen (secondary N) is 2. The monoisotopic (exact) mass is 364 g/mol. The van der Waals surface area contributed by atoms with E-state index < -0.39 is 29.0 Å². The van der Waals surface area contributed by atoms with Gasteiger partial charge in [0.05, 0.1) is 5.69 Å². The third-order valence-electron chi connectivity index (χ3n) is 4.39. The minimum Gasteiger partial charge on any atom is -0.367 e. The Balaban J connectivity index is 1.71. The molecule has 2 aromatic rings. The molecule has 26 heavy (non-hydrogen) atoms. The number of carbonyl (C=O) groups is 1. The number of halogens is 3. The van der Waals surface area contributed by atoms with E-state index in [0.717, 1.165) is 37.8 Å². The van der Waals surface area contributed by atoms with Gasteiger partial charge in [-0.3, -0.25) is 4.79 Å². The van der Waals surface area contributed by atoms with Crippen LogP contribution in [0.1, 0.15) is 49.0 Å². The van der Waals surface area contributed by atoms with Crippen molar-refractivity contribution in [2.45, 2.75) is 44.6 Å². The molecule has 0 atom stereocenters. The third-order valence-corrected chi connectivity index (χ3v) is 4.39. The van der Waals surface area contributed by atoms with Crippen molar-refractivity contribution in [1.82, 2.24) is 9.97 Å². The minimum atomic E-state index is -1.64. The zero-order chi connectivity index (χ0) is 18.5. The number of benzene rings is 1. The number of hydrogen-bond acceptors (Lipinski definition) is 4. The van der Waals surface area contributed by atoms with Crippen molar-refractivity contribution in [3.05, 3.63) is 47.7 Å². The van der Waals surface area contributed by atoms with Gasteiger partial charge in [0.1, 0.15) is 17.8 Å². The first-order valence-electron chi connectivity index (χ1n) is 8.58. The molecule has 1 saturated carbocycles. The highest BCUT2D eigenvalue weighted by Crippen LogP contribution is 2.22. The molecule has 1 amide bonds. The van der Waals surface area contributed by atoms with E-state index in [4.69, 9.17) is 0 Å². The Morgan fingerprint density at radius 1 is 1.00 bits per heavy atom. The number of anilines is 2. The standard InChI is InChI=1S/C18H19F3N4O/c19-12-7-8-13(17(21)16(12)20)25-18(26)14-9-15(23-10-22-14)24-11-5-3-1-2-4-6-11/h7-11H,1-6H2,(H,25,26)(H,22,23,24). The second-order valence-electron chi connectivity index (χ2n) is 6.30. The largest absolute Gasteiger partial charge is 0.367 e. The van der Waals surface area contributed by atoms with Crippen molar-refractivity contribution >= 4 is 17.4 Å². The van der Waals surface area contributed by atoms with E-state index in [0.29, 0.717) is 5.82 Å². The van der Waals surface area contributed by atoms with Crippen molar-refractivity contribution in [2.75, 3.05) is 10.6 Å². The minimum absolute atomic E-state index is 0.000236. The summed E-state index contributed by atoms with van der Waals surface area (Å²) in [6, 6.07) is 3.44. The van der Waals surface area contributed by atoms with Crippen molar-refractivity contribution in [3.8, 4) is 0 Å². The van der Waals surface area contributed by atoms with Crippen LogP contribution in [0, 0.1) is 17.5 Å². The molecule has 1 heterocycles. The predicted octanol–water partition coefficient (Wildman–Crippen LogP) is 4.28. The Morgan fingerprint density at radius 2 is 1.73 bits per heavy atom. The summed E-state index contributed by atoms with van der Waals surface area (Å²) in [6.45, 7) is 0. The lowest BCUT2D eigenvalue weighted by Gasteiger charge is -2.17. The first kappa shape index (κ1) is 18.2. The van der Waals surface area contributed by atoms with Crippen molar-refractivity contribution in [1.29, 1.82) is 0 Å². The highest BCUT2D eigenvalue weighted by molar-refractivity contribution is 6.03. The predicted molar refractivity (Wildman–Crippen MR) is 91.4 cm³/mol. The number of rotatable bonds is 4. The number of amides is 1. The summed E-state index contributed by atoms with van der Waals surface area (Å²) in [7, 11) is 0. The van der Waals surface area contributed by atoms with Crippen LogP contribution in [0.25, 0.3) is 0 Å². The lowest BCUT2D eigenvalue weighted by atomic mass is 10.1. The first-order valence-corrected chi connectivity index (χ1v) is 8.58. The Morgan fingerprint density at radius 3 is 2.46 bits per heavy atom. The molecule has 3 rings (SSSR count). The first-order chi connectivity index (χ1) is 12.5. The fourth-order valence-corrected chi connectivity index (χ4v) is 3.00. The van der Waals surface area contributed by atoms with Gasteiger partial charge in [-0.2, -0.15) is 0 Å². The summed E-state index contributed by atoms with van der Waals surface area (Å²) in [5.74, 6) is -4.65. The van der Waals surface area contributed by atoms with Crippen molar-refractivity contribution in [3.63, 3.8) is 0 Å². The van der Waals surface area contributed by atoms with Gasteiger partial charge in [-0.15, -0.1) is 0 Å². The fraction of sp³-hybridized carbons (Fsp3) is 0.389. The van der Waals surface area contributed by atoms with Crippen LogP contribution in [-0.4, -0.2) is 21.9 Å². The van der Waals surface area contributed by atoms with Crippen LogP contribution in [0.3, 0.4) is 0 Å². The van der Waals surface area contributed by atoms with Gasteiger partial charge in [0.2, 0.25) is 0 Å². The van der Waals surface area contributed by atoms with Gasteiger partial charge in [-0.1, -0.05) is 25.7 Å². The number of aromatic nitrogens is 2. The Labute approximate surface area is 149 Å². The van der Waals surface area contributed by atoms with Gasteiger partial charge in [-0.25, -0.2) is 23.1 Å². The van der Waals surface area contributed by atoms with Crippen LogP contribution in [0.5, 0.6) is 0 Å². The van der Waals surface area contributed by atoms with Crippen molar-refractivity contribution < 1.29 is 18.0 Å². The van der Waals surface area contributed by atoms with E-state index in [-0.39, 0.29) is 11.7 Å². The molecule has 1 aromatic carbocycles. The average Bonchev–Trinajstić information content (AvgIpc) is 2.91. The molecule has 1 fully saturated rings. The average molecular weight is 364 g/mol. The van der Waals surface area contributed by atoms with Gasteiger partial charge in [0.15, 0.2) is 17.5 Å². The number of carbonyl (C=O) groups excluding carboxylic acids is 1. The summed E-state index contributed by atoms with van der Waals surface area (Å²) >= 11 is 0. The molecular weight excluding hydrogens is 345 g/mol. The summed E-state index contributed by atoms with van der Waals surface area (Å²) in [4.78, 5) is 20.2. The van der Waals surface area contributed by atoms with Gasteiger partial charge in [0, 0.05) is 12.1 Å². The molecule has 5 nitrogen and oxygen atoms in total. The van der Waals surface area contributed by atoms with E-state index in [2.05, 4.69) is 20.6 Å². The molecule has 0 bridgehead atoms. The van der Waals surface area contributed by atoms with E-state index in [9.17, 15) is 18.0 Å². The summed E-state index contributed by atoms with van der Waals surface area (Å²) in [6.07, 6.45) is 8.02. The molecule has 8 heteroatoms. The molecule has 0 saturated heterocycles. The van der Waals surface area contributed by atoms with Crippen LogP contribution < -0.4 is 10.6 Å². The molecule has 0 aliphatic heterocycles. The quantitative estimate of drug-likeness (QED) is 0.628. The topological polar surface area (TPSA) is 66.9 Å². The molecule has 1 aliphatic carbocycles. The normalized spacial score (nSPS) is 15.3. The Hall–Kier alpha value is -2.64. The second kappa shape index (κ2) is 8.16. The van der Waals surface area contributed by atoms with Crippen LogP contribution in [0.2, 0.25) is 0 Å². The van der Waals surface area contributed by atoms with Gasteiger partial charge in [-0.05, 0) is 25.0 Å². The van der Waals surface area contributed by atoms with Crippen LogP contribution in [0.15, 0.2) is 24.5 Å². The SMILES string of the molecule is O=C(Nc1ccc(F)c(F)c1F)c1cc(NC2CCCCCC2)ncn1. The number of nitrogens with zero attached hydrogens (tertiary/aromatic N) is 2. The van der Waals surface area contributed by atoms with E-state index in [1.807, 2.05) is 0 Å². The molecule has 1 aliphatic rings. The second-order valence-corrected chi connectivity index (χ2v) is 6.30. The van der Waals surface area contributed by atoms with Crippen LogP contribution in [-0.2, 0) is 0 Å². The molecule has 0 spiro atoms. The maximum Gasteiger partial charge on any atom is 0.274 e. The molecule has 1 aromatic heterocycles. The Bertz CT molecular complexity index is 792. The zero-order valence-corrected chi connectivity index (χ0v) is 14.1. The molecule has 0 unspecified atom stereocenters.